The number of hydrogen-bond acceptors (Lipinski definition) is 7. The minimum atomic E-state index is -0.590. The number of anilines is 3. The highest BCUT2D eigenvalue weighted by Gasteiger charge is 2.27. The number of piperazine rings is 1. The normalized spacial score (nSPS) is 15.6. The van der Waals surface area contributed by atoms with Crippen molar-refractivity contribution in [2.24, 2.45) is 5.92 Å². The number of nitro groups is 1. The second kappa shape index (κ2) is 13.6. The number of benzene rings is 3. The molecular weight excluding hydrogens is 607 g/mol. The fourth-order valence-electron chi connectivity index (χ4n) is 5.50. The van der Waals surface area contributed by atoms with E-state index in [1.165, 1.54) is 18.2 Å². The Bertz CT molecular complexity index is 1590. The zero-order valence-electron chi connectivity index (χ0n) is 24.1. The van der Waals surface area contributed by atoms with Crippen LogP contribution in [-0.2, 0) is 0 Å². The SMILES string of the molecule is CC1CCN(c2ccc(C(=O)NC(=S)Nc3cc(Cl)ccc3N3CCN(C(=O)c4ccccc4F)CC3)cc2[N+](=O)[O-])CC1. The zero-order chi connectivity index (χ0) is 31.4. The van der Waals surface area contributed by atoms with Crippen LogP contribution in [0.4, 0.5) is 27.1 Å². The van der Waals surface area contributed by atoms with E-state index in [0.29, 0.717) is 48.5 Å². The molecule has 0 aliphatic carbocycles. The molecule has 2 heterocycles. The van der Waals surface area contributed by atoms with Crippen molar-refractivity contribution in [2.75, 3.05) is 54.4 Å². The summed E-state index contributed by atoms with van der Waals surface area (Å²) in [5.74, 6) is -0.932. The average molecular weight is 639 g/mol. The molecule has 0 radical (unpaired) electrons. The van der Waals surface area contributed by atoms with Crippen molar-refractivity contribution in [2.45, 2.75) is 19.8 Å². The number of hydrogen-bond donors (Lipinski definition) is 2. The maximum Gasteiger partial charge on any atom is 0.293 e. The number of carbonyl (C=O) groups is 2. The van der Waals surface area contributed by atoms with E-state index in [0.717, 1.165) is 31.6 Å². The summed E-state index contributed by atoms with van der Waals surface area (Å²) in [7, 11) is 0. The van der Waals surface area contributed by atoms with E-state index in [-0.39, 0.29) is 27.8 Å². The fraction of sp³-hybridized carbons (Fsp3) is 0.323. The molecule has 2 saturated heterocycles. The zero-order valence-corrected chi connectivity index (χ0v) is 25.7. The monoisotopic (exact) mass is 638 g/mol. The first-order chi connectivity index (χ1) is 21.1. The van der Waals surface area contributed by atoms with Crippen LogP contribution in [0, 0.1) is 21.8 Å². The van der Waals surface area contributed by atoms with Crippen LogP contribution in [0.2, 0.25) is 5.02 Å². The molecule has 0 atom stereocenters. The summed E-state index contributed by atoms with van der Waals surface area (Å²) >= 11 is 11.7. The molecule has 13 heteroatoms. The van der Waals surface area contributed by atoms with Gasteiger partial charge in [-0.2, -0.15) is 0 Å². The maximum absolute atomic E-state index is 14.2. The Morgan fingerprint density at radius 1 is 0.955 bits per heavy atom. The molecule has 0 aromatic heterocycles. The summed E-state index contributed by atoms with van der Waals surface area (Å²) in [5.41, 5.74) is 1.81. The Morgan fingerprint density at radius 2 is 1.61 bits per heavy atom. The Morgan fingerprint density at radius 3 is 2.30 bits per heavy atom. The molecule has 0 spiro atoms. The third kappa shape index (κ3) is 7.08. The van der Waals surface area contributed by atoms with Gasteiger partial charge in [-0.05, 0) is 73.4 Å². The topological polar surface area (TPSA) is 111 Å². The number of nitro benzene ring substituents is 1. The van der Waals surface area contributed by atoms with Crippen molar-refractivity contribution in [1.82, 2.24) is 10.2 Å². The smallest absolute Gasteiger partial charge is 0.293 e. The van der Waals surface area contributed by atoms with Crippen molar-refractivity contribution >= 4 is 63.5 Å². The first kappa shape index (κ1) is 31.1. The number of amides is 2. The van der Waals surface area contributed by atoms with Gasteiger partial charge in [0.15, 0.2) is 5.11 Å². The molecule has 2 fully saturated rings. The van der Waals surface area contributed by atoms with Crippen molar-refractivity contribution < 1.29 is 18.9 Å². The van der Waals surface area contributed by atoms with E-state index >= 15 is 0 Å². The molecule has 0 bridgehead atoms. The predicted octanol–water partition coefficient (Wildman–Crippen LogP) is 5.71. The summed E-state index contributed by atoms with van der Waals surface area (Å²) < 4.78 is 14.2. The Kier molecular flexibility index (Phi) is 9.60. The van der Waals surface area contributed by atoms with Gasteiger partial charge in [0.1, 0.15) is 11.5 Å². The van der Waals surface area contributed by atoms with E-state index in [1.54, 1.807) is 41.3 Å². The van der Waals surface area contributed by atoms with E-state index in [1.807, 2.05) is 15.9 Å². The molecule has 230 valence electrons. The van der Waals surface area contributed by atoms with E-state index in [2.05, 4.69) is 17.6 Å². The standard InChI is InChI=1S/C31H32ClFN6O4S/c1-20-10-12-36(13-11-20)27-8-6-21(18-28(27)39(42)43)29(40)35-31(44)34-25-19-22(32)7-9-26(25)37-14-16-38(17-15-37)30(41)23-4-2-3-5-24(23)33/h2-9,18-20H,10-17H2,1H3,(H2,34,35,40,44). The maximum atomic E-state index is 14.2. The number of piperidine rings is 1. The molecule has 44 heavy (non-hydrogen) atoms. The number of halogens is 2. The Hall–Kier alpha value is -4.29. The van der Waals surface area contributed by atoms with E-state index in [9.17, 15) is 24.1 Å². The highest BCUT2D eigenvalue weighted by Crippen LogP contribution is 2.33. The largest absolute Gasteiger partial charge is 0.366 e. The Labute approximate surface area is 264 Å². The van der Waals surface area contributed by atoms with Gasteiger partial charge in [0.2, 0.25) is 0 Å². The average Bonchev–Trinajstić information content (AvgIpc) is 3.01. The van der Waals surface area contributed by atoms with Gasteiger partial charge in [-0.25, -0.2) is 4.39 Å². The van der Waals surface area contributed by atoms with E-state index < -0.39 is 16.6 Å². The summed E-state index contributed by atoms with van der Waals surface area (Å²) in [4.78, 5) is 43.0. The third-order valence-corrected chi connectivity index (χ3v) is 8.44. The van der Waals surface area contributed by atoms with E-state index in [4.69, 9.17) is 23.8 Å². The summed E-state index contributed by atoms with van der Waals surface area (Å²) in [5, 5.41) is 17.9. The molecule has 10 nitrogen and oxygen atoms in total. The van der Waals surface area contributed by atoms with Crippen LogP contribution in [0.5, 0.6) is 0 Å². The lowest BCUT2D eigenvalue weighted by molar-refractivity contribution is -0.384. The second-order valence-corrected chi connectivity index (χ2v) is 11.8. The molecule has 2 amide bonds. The van der Waals surface area contributed by atoms with Crippen LogP contribution < -0.4 is 20.4 Å². The van der Waals surface area contributed by atoms with Crippen LogP contribution in [0.15, 0.2) is 60.7 Å². The first-order valence-corrected chi connectivity index (χ1v) is 15.1. The molecule has 3 aromatic carbocycles. The number of nitrogens with one attached hydrogen (secondary N) is 2. The van der Waals surface area contributed by atoms with Crippen molar-refractivity contribution in [3.05, 3.63) is 92.7 Å². The summed E-state index contributed by atoms with van der Waals surface area (Å²) in [6.45, 7) is 5.31. The van der Waals surface area contributed by atoms with Gasteiger partial charge >= 0.3 is 0 Å². The van der Waals surface area contributed by atoms with Crippen LogP contribution >= 0.6 is 23.8 Å². The van der Waals surface area contributed by atoms with Crippen molar-refractivity contribution in [1.29, 1.82) is 0 Å². The van der Waals surface area contributed by atoms with Crippen molar-refractivity contribution in [3.63, 3.8) is 0 Å². The minimum absolute atomic E-state index is 0.0105. The van der Waals surface area contributed by atoms with Crippen LogP contribution in [0.1, 0.15) is 40.5 Å². The molecule has 2 N–H and O–H groups in total. The quantitative estimate of drug-likeness (QED) is 0.201. The molecular formula is C31H32ClFN6O4S. The molecule has 0 unspecified atom stereocenters. The first-order valence-electron chi connectivity index (χ1n) is 14.3. The molecule has 5 rings (SSSR count). The van der Waals surface area contributed by atoms with Gasteiger partial charge in [0.05, 0.1) is 21.9 Å². The Balaban J connectivity index is 1.24. The lowest BCUT2D eigenvalue weighted by atomic mass is 9.98. The lowest BCUT2D eigenvalue weighted by Crippen LogP contribution is -2.49. The van der Waals surface area contributed by atoms with Gasteiger partial charge < -0.3 is 20.0 Å². The number of nitrogens with zero attached hydrogens (tertiary/aromatic N) is 4. The van der Waals surface area contributed by atoms with Crippen LogP contribution in [0.3, 0.4) is 0 Å². The predicted molar refractivity (Wildman–Crippen MR) is 173 cm³/mol. The van der Waals surface area contributed by atoms with Gasteiger partial charge in [0, 0.05) is 55.9 Å². The van der Waals surface area contributed by atoms with Gasteiger partial charge in [0.25, 0.3) is 17.5 Å². The van der Waals surface area contributed by atoms with Gasteiger partial charge in [-0.3, -0.25) is 25.0 Å². The van der Waals surface area contributed by atoms with Gasteiger partial charge in [-0.15, -0.1) is 0 Å². The van der Waals surface area contributed by atoms with Crippen LogP contribution in [-0.4, -0.2) is 66.0 Å². The molecule has 2 aliphatic rings. The summed E-state index contributed by atoms with van der Waals surface area (Å²) in [6, 6.07) is 15.6. The summed E-state index contributed by atoms with van der Waals surface area (Å²) in [6.07, 6.45) is 1.90. The molecule has 3 aromatic rings. The number of rotatable bonds is 6. The third-order valence-electron chi connectivity index (χ3n) is 8.00. The second-order valence-electron chi connectivity index (χ2n) is 11.0. The van der Waals surface area contributed by atoms with Crippen molar-refractivity contribution in [3.8, 4) is 0 Å². The molecule has 2 aliphatic heterocycles. The minimum Gasteiger partial charge on any atom is -0.366 e. The van der Waals surface area contributed by atoms with Gasteiger partial charge in [-0.1, -0.05) is 30.7 Å². The fourth-order valence-corrected chi connectivity index (χ4v) is 5.87. The van der Waals surface area contributed by atoms with Crippen LogP contribution in [0.25, 0.3) is 0 Å². The molecule has 0 saturated carbocycles. The highest BCUT2D eigenvalue weighted by atomic mass is 35.5. The number of carbonyl (C=O) groups excluding carboxylic acids is 2. The number of thiocarbonyl (C=S) groups is 1. The highest BCUT2D eigenvalue weighted by molar-refractivity contribution is 7.80. The lowest BCUT2D eigenvalue weighted by Gasteiger charge is -2.37.